The van der Waals surface area contributed by atoms with Crippen LogP contribution in [0.5, 0.6) is 5.75 Å². The summed E-state index contributed by atoms with van der Waals surface area (Å²) < 4.78 is 31.9. The van der Waals surface area contributed by atoms with Crippen LogP contribution in [0, 0.1) is 17.0 Å². The Balaban J connectivity index is 2.03. The van der Waals surface area contributed by atoms with Crippen molar-refractivity contribution in [1.29, 1.82) is 0 Å². The average Bonchev–Trinajstić information content (AvgIpc) is 3.10. The topological polar surface area (TPSA) is 33.3 Å². The third-order valence-corrected chi connectivity index (χ3v) is 3.40. The van der Waals surface area contributed by atoms with Gasteiger partial charge in [-0.2, -0.15) is 0 Å². The van der Waals surface area contributed by atoms with Crippen molar-refractivity contribution in [1.82, 2.24) is 5.32 Å². The first-order chi connectivity index (χ1) is 8.60. The highest BCUT2D eigenvalue weighted by atomic mass is 19.1. The first-order valence-corrected chi connectivity index (χ1v) is 6.02. The zero-order chi connectivity index (χ0) is 13.2. The van der Waals surface area contributed by atoms with Gasteiger partial charge in [0.25, 0.3) is 0 Å². The number of rotatable bonds is 6. The number of ether oxygens (including phenoxy) is 1. The highest BCUT2D eigenvalue weighted by Crippen LogP contribution is 2.45. The summed E-state index contributed by atoms with van der Waals surface area (Å²) in [5.41, 5.74) is 0.383. The third kappa shape index (κ3) is 2.72. The maximum Gasteiger partial charge on any atom is 0.167 e. The highest BCUT2D eigenvalue weighted by Gasteiger charge is 2.41. The molecule has 3 nitrogen and oxygen atoms in total. The fraction of sp³-hybridized carbons (Fsp3) is 0.538. The quantitative estimate of drug-likeness (QED) is 0.820. The second-order valence-electron chi connectivity index (χ2n) is 4.85. The molecular formula is C13H18F2N2O. The lowest BCUT2D eigenvalue weighted by atomic mass is 10.1. The van der Waals surface area contributed by atoms with Gasteiger partial charge in [0.05, 0.1) is 12.8 Å². The molecule has 1 aromatic rings. The van der Waals surface area contributed by atoms with Gasteiger partial charge in [0, 0.05) is 30.6 Å². The molecular weight excluding hydrogens is 238 g/mol. The van der Waals surface area contributed by atoms with Crippen LogP contribution in [0.2, 0.25) is 0 Å². The zero-order valence-electron chi connectivity index (χ0n) is 10.6. The molecule has 1 fully saturated rings. The zero-order valence-corrected chi connectivity index (χ0v) is 10.6. The summed E-state index contributed by atoms with van der Waals surface area (Å²) in [4.78, 5) is 0. The van der Waals surface area contributed by atoms with Gasteiger partial charge in [-0.05, 0) is 19.9 Å². The number of hydrogen-bond donors (Lipinski definition) is 2. The summed E-state index contributed by atoms with van der Waals surface area (Å²) >= 11 is 0. The lowest BCUT2D eigenvalue weighted by Crippen LogP contribution is -2.27. The van der Waals surface area contributed by atoms with E-state index in [4.69, 9.17) is 4.74 Å². The van der Waals surface area contributed by atoms with Crippen LogP contribution in [0.4, 0.5) is 14.5 Å². The standard InChI is InChI=1S/C13H18F2N2O/c1-16-7-13(3-4-13)8-17-11-5-10(15)12(18-2)6-9(11)14/h5-6,16-17H,3-4,7-8H2,1-2H3. The van der Waals surface area contributed by atoms with E-state index in [2.05, 4.69) is 10.6 Å². The minimum absolute atomic E-state index is 0.0746. The summed E-state index contributed by atoms with van der Waals surface area (Å²) in [5, 5.41) is 6.11. The van der Waals surface area contributed by atoms with Gasteiger partial charge in [0.1, 0.15) is 5.82 Å². The molecule has 0 aliphatic heterocycles. The normalized spacial score (nSPS) is 16.4. The molecule has 18 heavy (non-hydrogen) atoms. The largest absolute Gasteiger partial charge is 0.494 e. The fourth-order valence-electron chi connectivity index (χ4n) is 2.07. The van der Waals surface area contributed by atoms with Gasteiger partial charge in [-0.25, -0.2) is 8.78 Å². The molecule has 0 spiro atoms. The van der Waals surface area contributed by atoms with E-state index in [-0.39, 0.29) is 16.9 Å². The van der Waals surface area contributed by atoms with E-state index in [0.29, 0.717) is 6.54 Å². The smallest absolute Gasteiger partial charge is 0.167 e. The lowest BCUT2D eigenvalue weighted by molar-refractivity contribution is 0.383. The molecule has 2 N–H and O–H groups in total. The van der Waals surface area contributed by atoms with Crippen LogP contribution in [0.25, 0.3) is 0 Å². The predicted molar refractivity (Wildman–Crippen MR) is 67.0 cm³/mol. The molecule has 2 rings (SSSR count). The Bertz CT molecular complexity index is 433. The van der Waals surface area contributed by atoms with Gasteiger partial charge in [-0.15, -0.1) is 0 Å². The maximum atomic E-state index is 13.7. The highest BCUT2D eigenvalue weighted by molar-refractivity contribution is 5.49. The van der Waals surface area contributed by atoms with E-state index in [0.717, 1.165) is 31.5 Å². The Hall–Kier alpha value is -1.36. The molecule has 0 amide bonds. The van der Waals surface area contributed by atoms with Crippen molar-refractivity contribution in [3.63, 3.8) is 0 Å². The first kappa shape index (κ1) is 13.1. The number of methoxy groups -OCH3 is 1. The van der Waals surface area contributed by atoms with Gasteiger partial charge in [-0.1, -0.05) is 0 Å². The van der Waals surface area contributed by atoms with Crippen LogP contribution < -0.4 is 15.4 Å². The molecule has 0 bridgehead atoms. The summed E-state index contributed by atoms with van der Waals surface area (Å²) in [5.74, 6) is -1.12. The van der Waals surface area contributed by atoms with Gasteiger partial charge in [0.2, 0.25) is 0 Å². The monoisotopic (exact) mass is 256 g/mol. The number of benzene rings is 1. The maximum absolute atomic E-state index is 13.7. The van der Waals surface area contributed by atoms with E-state index in [1.807, 2.05) is 7.05 Å². The first-order valence-electron chi connectivity index (χ1n) is 6.02. The number of anilines is 1. The van der Waals surface area contributed by atoms with Crippen molar-refractivity contribution in [3.05, 3.63) is 23.8 Å². The number of hydrogen-bond acceptors (Lipinski definition) is 3. The molecule has 0 unspecified atom stereocenters. The van der Waals surface area contributed by atoms with Crippen LogP contribution in [-0.2, 0) is 0 Å². The van der Waals surface area contributed by atoms with Crippen molar-refractivity contribution in [2.75, 3.05) is 32.6 Å². The fourth-order valence-corrected chi connectivity index (χ4v) is 2.07. The molecule has 5 heteroatoms. The molecule has 1 aromatic carbocycles. The molecule has 100 valence electrons. The molecule has 1 aliphatic rings. The molecule has 0 aromatic heterocycles. The van der Waals surface area contributed by atoms with E-state index in [1.165, 1.54) is 7.11 Å². The van der Waals surface area contributed by atoms with Gasteiger partial charge < -0.3 is 15.4 Å². The van der Waals surface area contributed by atoms with Crippen LogP contribution in [0.1, 0.15) is 12.8 Å². The van der Waals surface area contributed by atoms with Gasteiger partial charge >= 0.3 is 0 Å². The van der Waals surface area contributed by atoms with Gasteiger partial charge in [0.15, 0.2) is 11.6 Å². The lowest BCUT2D eigenvalue weighted by Gasteiger charge is -2.17. The van der Waals surface area contributed by atoms with Crippen molar-refractivity contribution < 1.29 is 13.5 Å². The van der Waals surface area contributed by atoms with E-state index >= 15 is 0 Å². The van der Waals surface area contributed by atoms with Gasteiger partial charge in [-0.3, -0.25) is 0 Å². The molecule has 0 atom stereocenters. The number of halogens is 2. The van der Waals surface area contributed by atoms with Crippen LogP contribution in [0.3, 0.4) is 0 Å². The Morgan fingerprint density at radius 2 is 1.94 bits per heavy atom. The van der Waals surface area contributed by atoms with Crippen LogP contribution in [0.15, 0.2) is 12.1 Å². The summed E-state index contributed by atoms with van der Waals surface area (Å²) in [6, 6.07) is 2.21. The molecule has 0 radical (unpaired) electrons. The Morgan fingerprint density at radius 3 is 2.50 bits per heavy atom. The minimum atomic E-state index is -0.556. The molecule has 1 aliphatic carbocycles. The van der Waals surface area contributed by atoms with Crippen molar-refractivity contribution in [2.24, 2.45) is 5.41 Å². The summed E-state index contributed by atoms with van der Waals surface area (Å²) in [6.07, 6.45) is 2.22. The molecule has 1 saturated carbocycles. The second kappa shape index (κ2) is 5.10. The molecule has 0 saturated heterocycles. The summed E-state index contributed by atoms with van der Waals surface area (Å²) in [7, 11) is 3.21. The van der Waals surface area contributed by atoms with E-state index in [1.54, 1.807) is 0 Å². The second-order valence-corrected chi connectivity index (χ2v) is 4.85. The summed E-state index contributed by atoms with van der Waals surface area (Å²) in [6.45, 7) is 1.54. The SMILES string of the molecule is CNCC1(CNc2cc(F)c(OC)cc2F)CC1. The Labute approximate surface area is 106 Å². The van der Waals surface area contributed by atoms with Crippen molar-refractivity contribution in [2.45, 2.75) is 12.8 Å². The Kier molecular flexibility index (Phi) is 3.71. The van der Waals surface area contributed by atoms with E-state index < -0.39 is 11.6 Å². The average molecular weight is 256 g/mol. The minimum Gasteiger partial charge on any atom is -0.494 e. The Morgan fingerprint density at radius 1 is 1.22 bits per heavy atom. The van der Waals surface area contributed by atoms with Crippen LogP contribution >= 0.6 is 0 Å². The van der Waals surface area contributed by atoms with Crippen molar-refractivity contribution in [3.8, 4) is 5.75 Å². The van der Waals surface area contributed by atoms with E-state index in [9.17, 15) is 8.78 Å². The molecule has 0 heterocycles. The van der Waals surface area contributed by atoms with Crippen molar-refractivity contribution >= 4 is 5.69 Å². The number of nitrogens with one attached hydrogen (secondary N) is 2. The third-order valence-electron chi connectivity index (χ3n) is 3.40. The van der Waals surface area contributed by atoms with Crippen LogP contribution in [-0.4, -0.2) is 27.2 Å². The predicted octanol–water partition coefficient (Wildman–Crippen LogP) is 2.38.